The van der Waals surface area contributed by atoms with Gasteiger partial charge in [0.2, 0.25) is 0 Å². The van der Waals surface area contributed by atoms with E-state index in [-0.39, 0.29) is 6.42 Å². The van der Waals surface area contributed by atoms with E-state index in [1.165, 1.54) is 13.5 Å². The van der Waals surface area contributed by atoms with Crippen LogP contribution in [-0.2, 0) is 16.0 Å². The van der Waals surface area contributed by atoms with Gasteiger partial charge in [-0.2, -0.15) is 0 Å². The molecule has 1 amide bonds. The van der Waals surface area contributed by atoms with E-state index in [4.69, 9.17) is 18.9 Å². The third-order valence-corrected chi connectivity index (χ3v) is 5.85. The number of para-hydroxylation sites is 2. The molecule has 1 aliphatic carbocycles. The molecule has 8 nitrogen and oxygen atoms in total. The zero-order valence-corrected chi connectivity index (χ0v) is 19.8. The lowest BCUT2D eigenvalue weighted by Gasteiger charge is -2.31. The average Bonchev–Trinajstić information content (AvgIpc) is 2.81. The Balaban J connectivity index is 1.54. The highest BCUT2D eigenvalue weighted by Gasteiger charge is 2.25. The molecule has 0 spiro atoms. The Morgan fingerprint density at radius 3 is 2.38 bits per heavy atom. The molecule has 3 rings (SSSR count). The van der Waals surface area contributed by atoms with Crippen LogP contribution in [0.3, 0.4) is 0 Å². The van der Waals surface area contributed by atoms with E-state index in [9.17, 15) is 14.7 Å². The smallest absolute Gasteiger partial charge is 0.415 e. The number of carboxylic acids is 1. The molecule has 1 unspecified atom stereocenters. The predicted octanol–water partition coefficient (Wildman–Crippen LogP) is 4.41. The van der Waals surface area contributed by atoms with Crippen molar-refractivity contribution in [2.24, 2.45) is 5.92 Å². The van der Waals surface area contributed by atoms with Crippen molar-refractivity contribution < 1.29 is 33.6 Å². The first-order valence-corrected chi connectivity index (χ1v) is 11.7. The van der Waals surface area contributed by atoms with Crippen LogP contribution >= 0.6 is 0 Å². The van der Waals surface area contributed by atoms with Gasteiger partial charge in [-0.25, -0.2) is 9.59 Å². The summed E-state index contributed by atoms with van der Waals surface area (Å²) < 4.78 is 22.0. The van der Waals surface area contributed by atoms with Crippen molar-refractivity contribution in [2.45, 2.75) is 38.7 Å². The van der Waals surface area contributed by atoms with E-state index < -0.39 is 18.2 Å². The summed E-state index contributed by atoms with van der Waals surface area (Å²) in [6, 6.07) is 14.3. The van der Waals surface area contributed by atoms with Gasteiger partial charge in [0.05, 0.1) is 13.7 Å². The van der Waals surface area contributed by atoms with Gasteiger partial charge >= 0.3 is 12.1 Å². The lowest BCUT2D eigenvalue weighted by molar-refractivity contribution is -0.149. The fraction of sp³-hybridized carbons (Fsp3) is 0.462. The van der Waals surface area contributed by atoms with Crippen LogP contribution < -0.4 is 14.2 Å². The molecule has 0 aliphatic heterocycles. The van der Waals surface area contributed by atoms with Crippen LogP contribution in [0.15, 0.2) is 48.5 Å². The second kappa shape index (κ2) is 12.8. The molecule has 1 aliphatic rings. The summed E-state index contributed by atoms with van der Waals surface area (Å²) in [5, 5.41) is 9.24. The second-order valence-electron chi connectivity index (χ2n) is 8.24. The number of aliphatic carboxylic acids is 1. The second-order valence-corrected chi connectivity index (χ2v) is 8.24. The van der Waals surface area contributed by atoms with E-state index >= 15 is 0 Å². The molecule has 184 valence electrons. The lowest BCUT2D eigenvalue weighted by atomic mass is 9.85. The fourth-order valence-electron chi connectivity index (χ4n) is 3.73. The van der Waals surface area contributed by atoms with Gasteiger partial charge in [-0.15, -0.1) is 0 Å². The molecule has 0 bridgehead atoms. The van der Waals surface area contributed by atoms with E-state index in [1.54, 1.807) is 42.2 Å². The van der Waals surface area contributed by atoms with Crippen LogP contribution in [0, 0.1) is 5.92 Å². The monoisotopic (exact) mass is 471 g/mol. The molecule has 1 saturated carbocycles. The average molecular weight is 472 g/mol. The Morgan fingerprint density at radius 1 is 1.09 bits per heavy atom. The van der Waals surface area contributed by atoms with E-state index in [1.807, 2.05) is 18.2 Å². The van der Waals surface area contributed by atoms with Crippen molar-refractivity contribution in [1.29, 1.82) is 0 Å². The van der Waals surface area contributed by atoms with Crippen molar-refractivity contribution in [3.63, 3.8) is 0 Å². The molecule has 0 aromatic heterocycles. The Bertz CT molecular complexity index is 927. The fourth-order valence-corrected chi connectivity index (χ4v) is 3.73. The van der Waals surface area contributed by atoms with Crippen molar-refractivity contribution in [3.8, 4) is 17.2 Å². The maximum Gasteiger partial charge on any atom is 0.415 e. The molecular weight excluding hydrogens is 438 g/mol. The first-order valence-electron chi connectivity index (χ1n) is 11.7. The number of ether oxygens (including phenoxy) is 4. The maximum absolute atomic E-state index is 12.9. The zero-order chi connectivity index (χ0) is 24.3. The SMILES string of the molecule is CCOC(Cc1ccc(OCCN(CC2CCC2)C(=O)Oc2ccccc2OC)cc1)C(=O)O. The number of carboxylic acid groups (broad SMARTS) is 1. The molecule has 0 radical (unpaired) electrons. The molecule has 0 heterocycles. The standard InChI is InChI=1S/C26H33NO7/c1-3-32-24(25(28)29)17-19-11-13-21(14-12-19)33-16-15-27(18-20-7-6-8-20)26(30)34-23-10-5-4-9-22(23)31-2/h4-5,9-14,20,24H,3,6-8,15-18H2,1-2H3,(H,28,29). The molecule has 1 fully saturated rings. The number of hydrogen-bond acceptors (Lipinski definition) is 6. The summed E-state index contributed by atoms with van der Waals surface area (Å²) >= 11 is 0. The third-order valence-electron chi connectivity index (χ3n) is 5.85. The molecule has 0 saturated heterocycles. The third kappa shape index (κ3) is 7.38. The molecule has 34 heavy (non-hydrogen) atoms. The van der Waals surface area contributed by atoms with Gasteiger partial charge in [0.25, 0.3) is 0 Å². The van der Waals surface area contributed by atoms with Gasteiger partial charge in [-0.3, -0.25) is 0 Å². The Morgan fingerprint density at radius 2 is 1.79 bits per heavy atom. The number of rotatable bonds is 13. The lowest BCUT2D eigenvalue weighted by Crippen LogP contribution is -2.41. The highest BCUT2D eigenvalue weighted by atomic mass is 16.6. The van der Waals surface area contributed by atoms with Crippen LogP contribution in [0.2, 0.25) is 0 Å². The summed E-state index contributed by atoms with van der Waals surface area (Å²) in [7, 11) is 1.54. The number of hydrogen-bond donors (Lipinski definition) is 1. The van der Waals surface area contributed by atoms with Gasteiger partial charge in [0, 0.05) is 19.6 Å². The van der Waals surface area contributed by atoms with Crippen molar-refractivity contribution in [3.05, 3.63) is 54.1 Å². The van der Waals surface area contributed by atoms with Crippen LogP contribution in [0.4, 0.5) is 4.79 Å². The molecule has 1 N–H and O–H groups in total. The highest BCUT2D eigenvalue weighted by molar-refractivity contribution is 5.73. The Labute approximate surface area is 200 Å². The van der Waals surface area contributed by atoms with E-state index in [0.29, 0.717) is 49.5 Å². The van der Waals surface area contributed by atoms with E-state index in [2.05, 4.69) is 0 Å². The number of amides is 1. The molecular formula is C26H33NO7. The van der Waals surface area contributed by atoms with Crippen molar-refractivity contribution in [2.75, 3.05) is 33.4 Å². The number of nitrogens with zero attached hydrogens (tertiary/aromatic N) is 1. The van der Waals surface area contributed by atoms with Gasteiger partial charge in [-0.1, -0.05) is 30.7 Å². The first-order chi connectivity index (χ1) is 16.5. The quantitative estimate of drug-likeness (QED) is 0.462. The number of methoxy groups -OCH3 is 1. The minimum atomic E-state index is -0.978. The molecule has 2 aromatic rings. The summed E-state index contributed by atoms with van der Waals surface area (Å²) in [5.74, 6) is 1.04. The highest BCUT2D eigenvalue weighted by Crippen LogP contribution is 2.29. The minimum Gasteiger partial charge on any atom is -0.493 e. The zero-order valence-electron chi connectivity index (χ0n) is 19.8. The normalized spacial score (nSPS) is 14.1. The maximum atomic E-state index is 12.9. The van der Waals surface area contributed by atoms with Crippen LogP contribution in [0.5, 0.6) is 17.2 Å². The summed E-state index contributed by atoms with van der Waals surface area (Å²) in [6.07, 6.45) is 2.40. The predicted molar refractivity (Wildman–Crippen MR) is 127 cm³/mol. The molecule has 1 atom stereocenters. The number of carbonyl (C=O) groups is 2. The van der Waals surface area contributed by atoms with Crippen LogP contribution in [0.25, 0.3) is 0 Å². The first kappa shape index (κ1) is 25.4. The number of carbonyl (C=O) groups excluding carboxylic acids is 1. The van der Waals surface area contributed by atoms with Gasteiger partial charge < -0.3 is 29.0 Å². The minimum absolute atomic E-state index is 0.285. The number of benzene rings is 2. The largest absolute Gasteiger partial charge is 0.493 e. The summed E-state index contributed by atoms with van der Waals surface area (Å²) in [4.78, 5) is 25.8. The Kier molecular flexibility index (Phi) is 9.58. The Hall–Kier alpha value is -3.26. The topological polar surface area (TPSA) is 94.5 Å². The van der Waals surface area contributed by atoms with E-state index in [0.717, 1.165) is 18.4 Å². The van der Waals surface area contributed by atoms with Gasteiger partial charge in [0.1, 0.15) is 12.4 Å². The van der Waals surface area contributed by atoms with Crippen LogP contribution in [-0.4, -0.2) is 61.6 Å². The van der Waals surface area contributed by atoms with Crippen LogP contribution in [0.1, 0.15) is 31.7 Å². The van der Waals surface area contributed by atoms with Crippen molar-refractivity contribution >= 4 is 12.1 Å². The van der Waals surface area contributed by atoms with Crippen molar-refractivity contribution in [1.82, 2.24) is 4.90 Å². The summed E-state index contributed by atoms with van der Waals surface area (Å²) in [6.45, 7) is 3.44. The molecule has 2 aromatic carbocycles. The molecule has 8 heteroatoms. The van der Waals surface area contributed by atoms with Gasteiger partial charge in [0.15, 0.2) is 17.6 Å². The van der Waals surface area contributed by atoms with Gasteiger partial charge in [-0.05, 0) is 55.5 Å². The summed E-state index contributed by atoms with van der Waals surface area (Å²) in [5.41, 5.74) is 0.847.